The quantitative estimate of drug-likeness (QED) is 0.598. The SMILES string of the molecule is C=CCC1(O)C(C)=C(C)C(=O)C1(CO)CO. The van der Waals surface area contributed by atoms with Crippen LogP contribution in [0.2, 0.25) is 0 Å². The molecule has 0 fully saturated rings. The smallest absolute Gasteiger partial charge is 0.172 e. The number of rotatable bonds is 4. The molecular formula is C12H18O4. The molecule has 0 saturated heterocycles. The maximum absolute atomic E-state index is 12.0. The van der Waals surface area contributed by atoms with Gasteiger partial charge >= 0.3 is 0 Å². The molecule has 0 bridgehead atoms. The first kappa shape index (κ1) is 13.1. The molecule has 1 aliphatic carbocycles. The molecule has 90 valence electrons. The van der Waals surface area contributed by atoms with Crippen molar-refractivity contribution in [3.8, 4) is 0 Å². The number of carbonyl (C=O) groups excluding carboxylic acids is 1. The lowest BCUT2D eigenvalue weighted by atomic mass is 9.70. The third-order valence-corrected chi connectivity index (χ3v) is 3.73. The molecule has 1 atom stereocenters. The van der Waals surface area contributed by atoms with Crippen molar-refractivity contribution >= 4 is 5.78 Å². The van der Waals surface area contributed by atoms with Gasteiger partial charge in [0.1, 0.15) is 11.0 Å². The number of carbonyl (C=O) groups is 1. The number of ketones is 1. The predicted molar refractivity (Wildman–Crippen MR) is 59.7 cm³/mol. The van der Waals surface area contributed by atoms with Crippen LogP contribution < -0.4 is 0 Å². The number of hydrogen-bond acceptors (Lipinski definition) is 4. The fourth-order valence-corrected chi connectivity index (χ4v) is 2.40. The lowest BCUT2D eigenvalue weighted by molar-refractivity contribution is -0.147. The van der Waals surface area contributed by atoms with Crippen LogP contribution >= 0.6 is 0 Å². The van der Waals surface area contributed by atoms with Crippen LogP contribution in [0.1, 0.15) is 20.3 Å². The van der Waals surface area contributed by atoms with Gasteiger partial charge in [-0.15, -0.1) is 6.58 Å². The molecule has 1 unspecified atom stereocenters. The van der Waals surface area contributed by atoms with Crippen LogP contribution in [0.25, 0.3) is 0 Å². The first-order valence-corrected chi connectivity index (χ1v) is 5.19. The Bertz CT molecular complexity index is 352. The summed E-state index contributed by atoms with van der Waals surface area (Å²) in [5, 5.41) is 29.3. The zero-order valence-corrected chi connectivity index (χ0v) is 9.66. The van der Waals surface area contributed by atoms with Gasteiger partial charge in [-0.1, -0.05) is 6.08 Å². The summed E-state index contributed by atoms with van der Waals surface area (Å²) in [6, 6.07) is 0. The third kappa shape index (κ3) is 1.30. The van der Waals surface area contributed by atoms with E-state index >= 15 is 0 Å². The average molecular weight is 226 g/mol. The number of hydrogen-bond donors (Lipinski definition) is 3. The van der Waals surface area contributed by atoms with Gasteiger partial charge in [-0.3, -0.25) is 4.79 Å². The topological polar surface area (TPSA) is 77.8 Å². The molecular weight excluding hydrogens is 208 g/mol. The largest absolute Gasteiger partial charge is 0.395 e. The van der Waals surface area contributed by atoms with Crippen LogP contribution in [-0.4, -0.2) is 39.9 Å². The first-order chi connectivity index (χ1) is 7.41. The fourth-order valence-electron chi connectivity index (χ4n) is 2.40. The minimum atomic E-state index is -1.53. The van der Waals surface area contributed by atoms with Crippen LogP contribution in [0.3, 0.4) is 0 Å². The molecule has 1 aliphatic rings. The standard InChI is InChI=1S/C12H18O4/c1-4-5-12(16)9(3)8(2)10(15)11(12,6-13)7-14/h4,13-14,16H,1,5-7H2,2-3H3. The molecule has 0 saturated carbocycles. The maximum Gasteiger partial charge on any atom is 0.172 e. The van der Waals surface area contributed by atoms with Gasteiger partial charge in [-0.25, -0.2) is 0 Å². The van der Waals surface area contributed by atoms with E-state index in [1.165, 1.54) is 6.08 Å². The van der Waals surface area contributed by atoms with Gasteiger partial charge in [0.05, 0.1) is 13.2 Å². The molecule has 0 aromatic rings. The van der Waals surface area contributed by atoms with Gasteiger partial charge in [0.2, 0.25) is 0 Å². The van der Waals surface area contributed by atoms with E-state index in [0.717, 1.165) is 0 Å². The van der Waals surface area contributed by atoms with Crippen LogP contribution in [0.15, 0.2) is 23.8 Å². The third-order valence-electron chi connectivity index (χ3n) is 3.73. The minimum Gasteiger partial charge on any atom is -0.395 e. The Hall–Kier alpha value is -0.970. The minimum absolute atomic E-state index is 0.128. The average Bonchev–Trinajstić information content (AvgIpc) is 2.41. The molecule has 3 N–H and O–H groups in total. The monoisotopic (exact) mass is 226 g/mol. The van der Waals surface area contributed by atoms with Crippen LogP contribution in [-0.2, 0) is 4.79 Å². The number of aliphatic hydroxyl groups is 3. The van der Waals surface area contributed by atoms with Gasteiger partial charge in [-0.05, 0) is 31.4 Å². The molecule has 0 spiro atoms. The normalized spacial score (nSPS) is 28.7. The maximum atomic E-state index is 12.0. The van der Waals surface area contributed by atoms with E-state index < -0.39 is 24.2 Å². The first-order valence-electron chi connectivity index (χ1n) is 5.19. The van der Waals surface area contributed by atoms with Crippen LogP contribution in [0.4, 0.5) is 0 Å². The van der Waals surface area contributed by atoms with Crippen molar-refractivity contribution in [3.05, 3.63) is 23.8 Å². The summed E-state index contributed by atoms with van der Waals surface area (Å²) in [4.78, 5) is 12.0. The second-order valence-electron chi connectivity index (χ2n) is 4.33. The highest BCUT2D eigenvalue weighted by Gasteiger charge is 2.60. The van der Waals surface area contributed by atoms with Gasteiger partial charge in [0.25, 0.3) is 0 Å². The summed E-state index contributed by atoms with van der Waals surface area (Å²) < 4.78 is 0. The van der Waals surface area contributed by atoms with E-state index in [1.54, 1.807) is 13.8 Å². The summed E-state index contributed by atoms with van der Waals surface area (Å²) in [5.74, 6) is -0.389. The van der Waals surface area contributed by atoms with Crippen molar-refractivity contribution in [1.29, 1.82) is 0 Å². The lowest BCUT2D eigenvalue weighted by Gasteiger charge is -2.39. The molecule has 0 aromatic heterocycles. The Morgan fingerprint density at radius 1 is 1.31 bits per heavy atom. The van der Waals surface area contributed by atoms with Crippen molar-refractivity contribution in [1.82, 2.24) is 0 Å². The predicted octanol–water partition coefficient (Wildman–Crippen LogP) is 0.184. The Balaban J connectivity index is 3.40. The van der Waals surface area contributed by atoms with E-state index in [-0.39, 0.29) is 12.2 Å². The van der Waals surface area contributed by atoms with E-state index in [9.17, 15) is 20.1 Å². The Morgan fingerprint density at radius 2 is 1.81 bits per heavy atom. The molecule has 0 amide bonds. The van der Waals surface area contributed by atoms with Gasteiger partial charge < -0.3 is 15.3 Å². The lowest BCUT2D eigenvalue weighted by Crippen LogP contribution is -2.54. The fraction of sp³-hybridized carbons (Fsp3) is 0.583. The van der Waals surface area contributed by atoms with Crippen LogP contribution in [0.5, 0.6) is 0 Å². The Labute approximate surface area is 94.9 Å². The molecule has 4 heteroatoms. The molecule has 0 heterocycles. The summed E-state index contributed by atoms with van der Waals surface area (Å²) in [5.41, 5.74) is -2.15. The second-order valence-corrected chi connectivity index (χ2v) is 4.33. The van der Waals surface area contributed by atoms with Gasteiger partial charge in [-0.2, -0.15) is 0 Å². The zero-order valence-electron chi connectivity index (χ0n) is 9.66. The van der Waals surface area contributed by atoms with Crippen molar-refractivity contribution in [2.75, 3.05) is 13.2 Å². The molecule has 0 aromatic carbocycles. The van der Waals surface area contributed by atoms with Gasteiger partial charge in [0, 0.05) is 0 Å². The highest BCUT2D eigenvalue weighted by molar-refractivity contribution is 6.05. The molecule has 16 heavy (non-hydrogen) atoms. The Morgan fingerprint density at radius 3 is 2.19 bits per heavy atom. The molecule has 0 aliphatic heterocycles. The number of aliphatic hydroxyl groups excluding tert-OH is 2. The highest BCUT2D eigenvalue weighted by Crippen LogP contribution is 2.48. The van der Waals surface area contributed by atoms with Gasteiger partial charge in [0.15, 0.2) is 5.78 Å². The van der Waals surface area contributed by atoms with Crippen molar-refractivity contribution < 1.29 is 20.1 Å². The van der Waals surface area contributed by atoms with E-state index in [1.807, 2.05) is 0 Å². The summed E-state index contributed by atoms with van der Waals surface area (Å²) in [7, 11) is 0. The van der Waals surface area contributed by atoms with E-state index in [2.05, 4.69) is 6.58 Å². The van der Waals surface area contributed by atoms with Crippen molar-refractivity contribution in [2.24, 2.45) is 5.41 Å². The second kappa shape index (κ2) is 4.13. The summed E-state index contributed by atoms with van der Waals surface area (Å²) in [6.07, 6.45) is 1.61. The molecule has 4 nitrogen and oxygen atoms in total. The number of Topliss-reactive ketones (excluding diaryl/α,β-unsaturated/α-hetero) is 1. The van der Waals surface area contributed by atoms with E-state index in [0.29, 0.717) is 11.1 Å². The molecule has 1 rings (SSSR count). The Kier molecular flexibility index (Phi) is 3.38. The summed E-state index contributed by atoms with van der Waals surface area (Å²) >= 11 is 0. The van der Waals surface area contributed by atoms with E-state index in [4.69, 9.17) is 0 Å². The zero-order chi connectivity index (χ0) is 12.6. The molecule has 0 radical (unpaired) electrons. The van der Waals surface area contributed by atoms with Crippen LogP contribution in [0, 0.1) is 5.41 Å². The highest BCUT2D eigenvalue weighted by atomic mass is 16.3. The van der Waals surface area contributed by atoms with Crippen molar-refractivity contribution in [2.45, 2.75) is 25.9 Å². The summed E-state index contributed by atoms with van der Waals surface area (Å²) in [6.45, 7) is 5.61. The van der Waals surface area contributed by atoms with Crippen molar-refractivity contribution in [3.63, 3.8) is 0 Å². The number of allylic oxidation sites excluding steroid dienone is 1.